The molecule has 138 valence electrons. The lowest BCUT2D eigenvalue weighted by Gasteiger charge is -2.25. The van der Waals surface area contributed by atoms with Gasteiger partial charge in [-0.15, -0.1) is 0 Å². The van der Waals surface area contributed by atoms with Crippen LogP contribution in [0, 0.1) is 0 Å². The molecule has 0 aromatic carbocycles. The molecule has 3 heterocycles. The molecule has 1 aromatic rings. The second-order valence-electron chi connectivity index (χ2n) is 7.03. The number of likely N-dealkylation sites (tertiary alicyclic amines) is 1. The van der Waals surface area contributed by atoms with Crippen LogP contribution in [0.1, 0.15) is 50.4 Å². The lowest BCUT2D eigenvalue weighted by atomic mass is 10.1. The summed E-state index contributed by atoms with van der Waals surface area (Å²) in [6, 6.07) is 2.10. The van der Waals surface area contributed by atoms with Crippen molar-refractivity contribution in [1.82, 2.24) is 24.9 Å². The predicted molar refractivity (Wildman–Crippen MR) is 94.7 cm³/mol. The molecule has 2 aliphatic rings. The highest BCUT2D eigenvalue weighted by Gasteiger charge is 2.21. The monoisotopic (exact) mass is 347 g/mol. The maximum absolute atomic E-state index is 12.1. The SMILES string of the molecule is CCCN1CCCn2nc(CNC(=O)CN3CCCCC3=O)cc2C1. The van der Waals surface area contributed by atoms with Gasteiger partial charge in [-0.1, -0.05) is 6.92 Å². The van der Waals surface area contributed by atoms with Crippen molar-refractivity contribution in [2.24, 2.45) is 0 Å². The van der Waals surface area contributed by atoms with Crippen molar-refractivity contribution < 1.29 is 9.59 Å². The van der Waals surface area contributed by atoms with Gasteiger partial charge in [0.05, 0.1) is 24.5 Å². The van der Waals surface area contributed by atoms with E-state index in [4.69, 9.17) is 0 Å². The number of nitrogens with zero attached hydrogens (tertiary/aromatic N) is 4. The second kappa shape index (κ2) is 8.47. The summed E-state index contributed by atoms with van der Waals surface area (Å²) in [6.45, 7) is 7.58. The van der Waals surface area contributed by atoms with Crippen molar-refractivity contribution in [2.75, 3.05) is 26.2 Å². The fraction of sp³-hybridized carbons (Fsp3) is 0.722. The minimum Gasteiger partial charge on any atom is -0.349 e. The molecule has 0 spiro atoms. The van der Waals surface area contributed by atoms with Crippen LogP contribution in [0.25, 0.3) is 0 Å². The number of hydrogen-bond acceptors (Lipinski definition) is 4. The van der Waals surface area contributed by atoms with Crippen LogP contribution in [0.5, 0.6) is 0 Å². The molecule has 1 aromatic heterocycles. The zero-order valence-corrected chi connectivity index (χ0v) is 15.2. The standard InChI is InChI=1S/C18H29N5O2/c1-2-7-21-8-5-10-23-16(13-21)11-15(20-23)12-19-17(24)14-22-9-4-3-6-18(22)25/h11H,2-10,12-14H2,1H3,(H,19,24). The van der Waals surface area contributed by atoms with Gasteiger partial charge in [-0.3, -0.25) is 19.2 Å². The van der Waals surface area contributed by atoms with Crippen LogP contribution in [0.15, 0.2) is 6.07 Å². The van der Waals surface area contributed by atoms with E-state index in [9.17, 15) is 9.59 Å². The maximum atomic E-state index is 12.1. The van der Waals surface area contributed by atoms with Gasteiger partial charge in [-0.25, -0.2) is 0 Å². The van der Waals surface area contributed by atoms with Crippen LogP contribution < -0.4 is 5.32 Å². The zero-order valence-electron chi connectivity index (χ0n) is 15.2. The smallest absolute Gasteiger partial charge is 0.239 e. The third-order valence-corrected chi connectivity index (χ3v) is 4.91. The molecule has 7 heteroatoms. The topological polar surface area (TPSA) is 70.5 Å². The molecule has 1 fully saturated rings. The van der Waals surface area contributed by atoms with Crippen molar-refractivity contribution in [3.05, 3.63) is 17.5 Å². The average molecular weight is 347 g/mol. The molecule has 2 amide bonds. The van der Waals surface area contributed by atoms with Crippen molar-refractivity contribution in [3.8, 4) is 0 Å². The van der Waals surface area contributed by atoms with Crippen molar-refractivity contribution in [3.63, 3.8) is 0 Å². The van der Waals surface area contributed by atoms with Crippen molar-refractivity contribution >= 4 is 11.8 Å². The number of piperidine rings is 1. The Hall–Kier alpha value is -1.89. The Kier molecular flexibility index (Phi) is 6.07. The Bertz CT molecular complexity index is 613. The summed E-state index contributed by atoms with van der Waals surface area (Å²) in [5, 5.41) is 7.54. The molecule has 0 radical (unpaired) electrons. The van der Waals surface area contributed by atoms with E-state index < -0.39 is 0 Å². The van der Waals surface area contributed by atoms with Crippen LogP contribution in [0.4, 0.5) is 0 Å². The molecule has 3 rings (SSSR count). The highest BCUT2D eigenvalue weighted by atomic mass is 16.2. The number of carbonyl (C=O) groups excluding carboxylic acids is 2. The van der Waals surface area contributed by atoms with E-state index in [1.165, 1.54) is 5.69 Å². The molecule has 2 aliphatic heterocycles. The Morgan fingerprint density at radius 3 is 2.92 bits per heavy atom. The molecular weight excluding hydrogens is 318 g/mol. The van der Waals surface area contributed by atoms with Gasteiger partial charge in [-0.2, -0.15) is 5.10 Å². The van der Waals surface area contributed by atoms with E-state index >= 15 is 0 Å². The zero-order chi connectivity index (χ0) is 17.6. The predicted octanol–water partition coefficient (Wildman–Crippen LogP) is 1.13. The summed E-state index contributed by atoms with van der Waals surface area (Å²) < 4.78 is 2.07. The summed E-state index contributed by atoms with van der Waals surface area (Å²) in [4.78, 5) is 28.0. The second-order valence-corrected chi connectivity index (χ2v) is 7.03. The highest BCUT2D eigenvalue weighted by molar-refractivity contribution is 5.85. The molecule has 25 heavy (non-hydrogen) atoms. The Balaban J connectivity index is 1.51. The Morgan fingerprint density at radius 2 is 2.12 bits per heavy atom. The first-order chi connectivity index (χ1) is 12.2. The van der Waals surface area contributed by atoms with E-state index in [-0.39, 0.29) is 18.4 Å². The summed E-state index contributed by atoms with van der Waals surface area (Å²) in [5.74, 6) is -0.0165. The summed E-state index contributed by atoms with van der Waals surface area (Å²) in [7, 11) is 0. The molecule has 1 saturated heterocycles. The quantitative estimate of drug-likeness (QED) is 0.837. The number of aromatic nitrogens is 2. The summed E-state index contributed by atoms with van der Waals surface area (Å²) in [6.07, 6.45) is 4.76. The first-order valence-electron chi connectivity index (χ1n) is 9.48. The highest BCUT2D eigenvalue weighted by Crippen LogP contribution is 2.14. The largest absolute Gasteiger partial charge is 0.349 e. The normalized spacial score (nSPS) is 18.8. The minimum absolute atomic E-state index is 0.0890. The van der Waals surface area contributed by atoms with Gasteiger partial charge < -0.3 is 10.2 Å². The molecule has 7 nitrogen and oxygen atoms in total. The lowest BCUT2D eigenvalue weighted by Crippen LogP contribution is -2.42. The van der Waals surface area contributed by atoms with E-state index in [0.29, 0.717) is 19.5 Å². The first-order valence-corrected chi connectivity index (χ1v) is 9.48. The fourth-order valence-electron chi connectivity index (χ4n) is 3.63. The van der Waals surface area contributed by atoms with Gasteiger partial charge >= 0.3 is 0 Å². The molecule has 0 bridgehead atoms. The fourth-order valence-corrected chi connectivity index (χ4v) is 3.63. The van der Waals surface area contributed by atoms with Crippen LogP contribution in [-0.4, -0.2) is 57.6 Å². The molecule has 0 aliphatic carbocycles. The molecular formula is C18H29N5O2. The van der Waals surface area contributed by atoms with E-state index in [1.807, 2.05) is 0 Å². The molecule has 0 atom stereocenters. The van der Waals surface area contributed by atoms with Gasteiger partial charge in [0.1, 0.15) is 0 Å². The van der Waals surface area contributed by atoms with Gasteiger partial charge in [-0.05, 0) is 38.3 Å². The molecule has 0 unspecified atom stereocenters. The van der Waals surface area contributed by atoms with Gasteiger partial charge in [0.15, 0.2) is 0 Å². The number of hydrogen-bond donors (Lipinski definition) is 1. The van der Waals surface area contributed by atoms with Crippen LogP contribution in [-0.2, 0) is 29.2 Å². The van der Waals surface area contributed by atoms with Crippen LogP contribution >= 0.6 is 0 Å². The van der Waals surface area contributed by atoms with E-state index in [0.717, 1.165) is 57.6 Å². The number of rotatable bonds is 6. The van der Waals surface area contributed by atoms with Crippen LogP contribution in [0.2, 0.25) is 0 Å². The Labute approximate surface area is 149 Å². The van der Waals surface area contributed by atoms with Crippen LogP contribution in [0.3, 0.4) is 0 Å². The maximum Gasteiger partial charge on any atom is 0.239 e. The Morgan fingerprint density at radius 1 is 1.24 bits per heavy atom. The van der Waals surface area contributed by atoms with Gasteiger partial charge in [0, 0.05) is 32.6 Å². The number of aryl methyl sites for hydroxylation is 1. The summed E-state index contributed by atoms with van der Waals surface area (Å²) >= 11 is 0. The number of nitrogens with one attached hydrogen (secondary N) is 1. The van der Waals surface area contributed by atoms with E-state index in [1.54, 1.807) is 4.90 Å². The van der Waals surface area contributed by atoms with Crippen molar-refractivity contribution in [1.29, 1.82) is 0 Å². The third-order valence-electron chi connectivity index (χ3n) is 4.91. The minimum atomic E-state index is -0.106. The number of fused-ring (bicyclic) bond motifs is 1. The number of amides is 2. The van der Waals surface area contributed by atoms with Crippen molar-refractivity contribution in [2.45, 2.75) is 58.7 Å². The molecule has 1 N–H and O–H groups in total. The molecule has 0 saturated carbocycles. The average Bonchev–Trinajstić information content (AvgIpc) is 2.87. The van der Waals surface area contributed by atoms with Gasteiger partial charge in [0.25, 0.3) is 0 Å². The summed E-state index contributed by atoms with van der Waals surface area (Å²) in [5.41, 5.74) is 2.12. The van der Waals surface area contributed by atoms with Gasteiger partial charge in [0.2, 0.25) is 11.8 Å². The lowest BCUT2D eigenvalue weighted by molar-refractivity contribution is -0.137. The van der Waals surface area contributed by atoms with E-state index in [2.05, 4.69) is 33.0 Å². The third kappa shape index (κ3) is 4.81. The number of carbonyl (C=O) groups is 2. The first kappa shape index (κ1) is 17.9.